The molecule has 114 valence electrons. The summed E-state index contributed by atoms with van der Waals surface area (Å²) in [5.41, 5.74) is 1.98. The predicted molar refractivity (Wildman–Crippen MR) is 83.1 cm³/mol. The van der Waals surface area contributed by atoms with Crippen molar-refractivity contribution in [2.45, 2.75) is 6.92 Å². The number of methoxy groups -OCH3 is 1. The van der Waals surface area contributed by atoms with Gasteiger partial charge in [-0.1, -0.05) is 24.3 Å². The van der Waals surface area contributed by atoms with E-state index < -0.39 is 5.97 Å². The van der Waals surface area contributed by atoms with Crippen LogP contribution in [0.25, 0.3) is 5.57 Å². The van der Waals surface area contributed by atoms with Crippen molar-refractivity contribution in [1.29, 1.82) is 0 Å². The second kappa shape index (κ2) is 7.41. The minimum absolute atomic E-state index is 0.286. The topological polar surface area (TPSA) is 35.5 Å². The first kappa shape index (κ1) is 15.8. The molecule has 0 aliphatic rings. The Morgan fingerprint density at radius 1 is 1.14 bits per heavy atom. The number of rotatable bonds is 5. The quantitative estimate of drug-likeness (QED) is 0.622. The van der Waals surface area contributed by atoms with Crippen molar-refractivity contribution in [3.8, 4) is 5.75 Å². The molecule has 4 heteroatoms. The molecular formula is C18H17FO3. The van der Waals surface area contributed by atoms with E-state index in [9.17, 15) is 9.18 Å². The zero-order valence-electron chi connectivity index (χ0n) is 12.5. The zero-order chi connectivity index (χ0) is 15.9. The first-order valence-corrected chi connectivity index (χ1v) is 6.93. The molecule has 0 aromatic heterocycles. The third-order valence-corrected chi connectivity index (χ3v) is 3.09. The summed E-state index contributed by atoms with van der Waals surface area (Å²) in [7, 11) is 1.58. The molecule has 0 aliphatic carbocycles. The average Bonchev–Trinajstić information content (AvgIpc) is 2.53. The van der Waals surface area contributed by atoms with Gasteiger partial charge in [-0.15, -0.1) is 0 Å². The van der Waals surface area contributed by atoms with E-state index >= 15 is 0 Å². The standard InChI is InChI=1S/C18H17FO3/c1-3-22-18(20)12-17(14-5-4-6-15(19)11-14)13-7-9-16(21-2)10-8-13/h4-12H,3H2,1-2H3/b17-12+. The number of carbonyl (C=O) groups is 1. The fraction of sp³-hybridized carbons (Fsp3) is 0.167. The van der Waals surface area contributed by atoms with Crippen molar-refractivity contribution < 1.29 is 18.7 Å². The van der Waals surface area contributed by atoms with Crippen LogP contribution in [0.5, 0.6) is 5.75 Å². The lowest BCUT2D eigenvalue weighted by molar-refractivity contribution is -0.137. The van der Waals surface area contributed by atoms with Gasteiger partial charge in [0.25, 0.3) is 0 Å². The lowest BCUT2D eigenvalue weighted by atomic mass is 9.97. The molecule has 0 atom stereocenters. The van der Waals surface area contributed by atoms with E-state index in [0.29, 0.717) is 16.9 Å². The van der Waals surface area contributed by atoms with E-state index in [1.165, 1.54) is 18.2 Å². The second-order valence-electron chi connectivity index (χ2n) is 4.55. The Labute approximate surface area is 129 Å². The van der Waals surface area contributed by atoms with Crippen molar-refractivity contribution in [3.05, 3.63) is 71.6 Å². The summed E-state index contributed by atoms with van der Waals surface area (Å²) in [6.45, 7) is 2.02. The third-order valence-electron chi connectivity index (χ3n) is 3.09. The van der Waals surface area contributed by atoms with Gasteiger partial charge in [0.05, 0.1) is 13.7 Å². The van der Waals surface area contributed by atoms with Gasteiger partial charge >= 0.3 is 5.97 Å². The fourth-order valence-electron chi connectivity index (χ4n) is 2.06. The SMILES string of the molecule is CCOC(=O)/C=C(\c1ccc(OC)cc1)c1cccc(F)c1. The first-order chi connectivity index (χ1) is 10.6. The molecule has 2 aromatic carbocycles. The van der Waals surface area contributed by atoms with Gasteiger partial charge in [-0.2, -0.15) is 0 Å². The Morgan fingerprint density at radius 2 is 1.86 bits per heavy atom. The Morgan fingerprint density at radius 3 is 2.45 bits per heavy atom. The van der Waals surface area contributed by atoms with Crippen LogP contribution in [0.3, 0.4) is 0 Å². The molecule has 0 spiro atoms. The number of hydrogen-bond donors (Lipinski definition) is 0. The van der Waals surface area contributed by atoms with Crippen LogP contribution in [-0.2, 0) is 9.53 Å². The molecule has 2 aromatic rings. The Hall–Kier alpha value is -2.62. The maximum atomic E-state index is 13.5. The van der Waals surface area contributed by atoms with Crippen LogP contribution in [0, 0.1) is 5.82 Å². The van der Waals surface area contributed by atoms with Crippen LogP contribution in [0.2, 0.25) is 0 Å². The highest BCUT2D eigenvalue weighted by atomic mass is 19.1. The third kappa shape index (κ3) is 3.95. The smallest absolute Gasteiger partial charge is 0.331 e. The molecule has 0 bridgehead atoms. The number of ether oxygens (including phenoxy) is 2. The van der Waals surface area contributed by atoms with Gasteiger partial charge in [-0.05, 0) is 47.9 Å². The summed E-state index contributed by atoms with van der Waals surface area (Å²) in [6, 6.07) is 13.3. The molecule has 0 fully saturated rings. The highest BCUT2D eigenvalue weighted by Gasteiger charge is 2.09. The molecule has 0 aliphatic heterocycles. The Bertz CT molecular complexity index is 675. The average molecular weight is 300 g/mol. The summed E-state index contributed by atoms with van der Waals surface area (Å²) in [4.78, 5) is 11.8. The highest BCUT2D eigenvalue weighted by Crippen LogP contribution is 2.26. The summed E-state index contributed by atoms with van der Waals surface area (Å²) in [5.74, 6) is -0.114. The number of carbonyl (C=O) groups excluding carboxylic acids is 1. The summed E-state index contributed by atoms with van der Waals surface area (Å²) in [6.07, 6.45) is 1.38. The maximum Gasteiger partial charge on any atom is 0.331 e. The molecule has 0 N–H and O–H groups in total. The van der Waals surface area contributed by atoms with Gasteiger partial charge in [0.2, 0.25) is 0 Å². The van der Waals surface area contributed by atoms with E-state index in [2.05, 4.69) is 0 Å². The highest BCUT2D eigenvalue weighted by molar-refractivity contribution is 5.96. The normalized spacial score (nSPS) is 11.1. The van der Waals surface area contributed by atoms with Gasteiger partial charge in [-0.3, -0.25) is 0 Å². The first-order valence-electron chi connectivity index (χ1n) is 6.93. The molecule has 0 heterocycles. The molecule has 0 saturated carbocycles. The lowest BCUT2D eigenvalue weighted by Gasteiger charge is -2.10. The molecule has 0 unspecified atom stereocenters. The molecule has 3 nitrogen and oxygen atoms in total. The lowest BCUT2D eigenvalue weighted by Crippen LogP contribution is -2.02. The molecule has 0 saturated heterocycles. The van der Waals surface area contributed by atoms with Crippen LogP contribution in [-0.4, -0.2) is 19.7 Å². The molecule has 2 rings (SSSR count). The second-order valence-corrected chi connectivity index (χ2v) is 4.55. The van der Waals surface area contributed by atoms with Crippen molar-refractivity contribution in [3.63, 3.8) is 0 Å². The number of halogens is 1. The number of esters is 1. The van der Waals surface area contributed by atoms with Gasteiger partial charge in [0, 0.05) is 6.08 Å². The monoisotopic (exact) mass is 300 g/mol. The summed E-state index contributed by atoms with van der Waals surface area (Å²) < 4.78 is 23.6. The molecule has 0 amide bonds. The van der Waals surface area contributed by atoms with Crippen molar-refractivity contribution in [2.24, 2.45) is 0 Å². The number of benzene rings is 2. The van der Waals surface area contributed by atoms with Gasteiger partial charge in [-0.25, -0.2) is 9.18 Å². The van der Waals surface area contributed by atoms with E-state index in [1.807, 2.05) is 12.1 Å². The molecule has 22 heavy (non-hydrogen) atoms. The Kier molecular flexibility index (Phi) is 5.31. The van der Waals surface area contributed by atoms with Crippen molar-refractivity contribution >= 4 is 11.5 Å². The zero-order valence-corrected chi connectivity index (χ0v) is 12.5. The van der Waals surface area contributed by atoms with Gasteiger partial charge < -0.3 is 9.47 Å². The van der Waals surface area contributed by atoms with Gasteiger partial charge in [0.15, 0.2) is 0 Å². The minimum atomic E-state index is -0.461. The largest absolute Gasteiger partial charge is 0.497 e. The van der Waals surface area contributed by atoms with Crippen molar-refractivity contribution in [2.75, 3.05) is 13.7 Å². The van der Waals surface area contributed by atoms with E-state index in [4.69, 9.17) is 9.47 Å². The van der Waals surface area contributed by atoms with Crippen LogP contribution in [0.15, 0.2) is 54.6 Å². The fourth-order valence-corrected chi connectivity index (χ4v) is 2.06. The maximum absolute atomic E-state index is 13.5. The predicted octanol–water partition coefficient (Wildman–Crippen LogP) is 3.83. The van der Waals surface area contributed by atoms with Crippen molar-refractivity contribution in [1.82, 2.24) is 0 Å². The van der Waals surface area contributed by atoms with Crippen LogP contribution in [0.4, 0.5) is 4.39 Å². The van der Waals surface area contributed by atoms with E-state index in [0.717, 1.165) is 5.56 Å². The van der Waals surface area contributed by atoms with E-state index in [-0.39, 0.29) is 12.4 Å². The minimum Gasteiger partial charge on any atom is -0.497 e. The number of hydrogen-bond acceptors (Lipinski definition) is 3. The Balaban J connectivity index is 2.47. The molecule has 0 radical (unpaired) electrons. The van der Waals surface area contributed by atoms with Crippen LogP contribution in [0.1, 0.15) is 18.1 Å². The van der Waals surface area contributed by atoms with Crippen LogP contribution < -0.4 is 4.74 Å². The summed E-state index contributed by atoms with van der Waals surface area (Å²) >= 11 is 0. The van der Waals surface area contributed by atoms with E-state index in [1.54, 1.807) is 38.3 Å². The summed E-state index contributed by atoms with van der Waals surface area (Å²) in [5, 5.41) is 0. The molecular weight excluding hydrogens is 283 g/mol. The van der Waals surface area contributed by atoms with Crippen LogP contribution >= 0.6 is 0 Å². The van der Waals surface area contributed by atoms with Gasteiger partial charge in [0.1, 0.15) is 11.6 Å².